The van der Waals surface area contributed by atoms with E-state index in [1.54, 1.807) is 0 Å². The first-order chi connectivity index (χ1) is 18.5. The molecular formula is C36H33NO. The van der Waals surface area contributed by atoms with Crippen molar-refractivity contribution in [2.75, 3.05) is 4.90 Å². The van der Waals surface area contributed by atoms with Crippen molar-refractivity contribution in [1.29, 1.82) is 0 Å². The number of rotatable bonds is 4. The monoisotopic (exact) mass is 495 g/mol. The molecule has 0 saturated heterocycles. The number of hydrogen-bond donors (Lipinski definition) is 0. The lowest BCUT2D eigenvalue weighted by atomic mass is 9.85. The largest absolute Gasteiger partial charge is 0.360 e. The van der Waals surface area contributed by atoms with E-state index in [1.807, 2.05) is 0 Å². The third-order valence-electron chi connectivity index (χ3n) is 8.47. The van der Waals surface area contributed by atoms with Gasteiger partial charge in [-0.15, -0.1) is 0 Å². The summed E-state index contributed by atoms with van der Waals surface area (Å²) >= 11 is 0. The summed E-state index contributed by atoms with van der Waals surface area (Å²) < 4.78 is 6.82. The molecule has 0 atom stereocenters. The van der Waals surface area contributed by atoms with Crippen molar-refractivity contribution in [3.8, 4) is 11.1 Å². The number of anilines is 3. The molecule has 0 unspecified atom stereocenters. The Hall–Kier alpha value is -3.88. The quantitative estimate of drug-likeness (QED) is 0.246. The second kappa shape index (κ2) is 8.85. The molecule has 2 heteroatoms. The molecule has 0 amide bonds. The van der Waals surface area contributed by atoms with Crippen LogP contribution in [0.4, 0.5) is 17.1 Å². The summed E-state index contributed by atoms with van der Waals surface area (Å²) in [5.74, 6) is 0. The molecule has 0 radical (unpaired) electrons. The fourth-order valence-electron chi connectivity index (χ4n) is 6.79. The average molecular weight is 496 g/mol. The van der Waals surface area contributed by atoms with Crippen LogP contribution in [0.25, 0.3) is 21.9 Å². The molecule has 1 aliphatic heterocycles. The van der Waals surface area contributed by atoms with E-state index in [9.17, 15) is 0 Å². The van der Waals surface area contributed by atoms with Gasteiger partial charge in [0.05, 0.1) is 11.2 Å². The number of hydrogen-bond acceptors (Lipinski definition) is 2. The van der Waals surface area contributed by atoms with Crippen molar-refractivity contribution >= 4 is 27.8 Å². The molecule has 38 heavy (non-hydrogen) atoms. The van der Waals surface area contributed by atoms with Gasteiger partial charge in [-0.25, -0.2) is 0 Å². The van der Waals surface area contributed by atoms with E-state index in [1.165, 1.54) is 45.9 Å². The van der Waals surface area contributed by atoms with Crippen molar-refractivity contribution in [2.24, 2.45) is 0 Å². The van der Waals surface area contributed by atoms with Gasteiger partial charge in [0.1, 0.15) is 0 Å². The number of nitrogens with zero attached hydrogens (tertiary/aromatic N) is 1. The smallest absolute Gasteiger partial charge is 0.0946 e. The maximum Gasteiger partial charge on any atom is 0.0946 e. The van der Waals surface area contributed by atoms with Crippen LogP contribution in [-0.2, 0) is 15.9 Å². The second-order valence-electron chi connectivity index (χ2n) is 11.3. The normalized spacial score (nSPS) is 17.1. The third kappa shape index (κ3) is 3.75. The van der Waals surface area contributed by atoms with Gasteiger partial charge in [-0.1, -0.05) is 85.6 Å². The van der Waals surface area contributed by atoms with E-state index in [0.29, 0.717) is 0 Å². The molecule has 1 heterocycles. The molecule has 5 aromatic rings. The minimum atomic E-state index is -0.288. The predicted octanol–water partition coefficient (Wildman–Crippen LogP) is 10.0. The zero-order valence-electron chi connectivity index (χ0n) is 22.2. The molecule has 2 aliphatic rings. The summed E-state index contributed by atoms with van der Waals surface area (Å²) in [6.45, 7) is 4.48. The minimum absolute atomic E-state index is 0.0985. The fraction of sp³-hybridized carbons (Fsp3) is 0.222. The van der Waals surface area contributed by atoms with Gasteiger partial charge in [0, 0.05) is 17.1 Å². The van der Waals surface area contributed by atoms with Crippen LogP contribution < -0.4 is 4.90 Å². The van der Waals surface area contributed by atoms with Gasteiger partial charge in [-0.3, -0.25) is 0 Å². The number of fused-ring (bicyclic) bond motifs is 3. The fourth-order valence-corrected chi connectivity index (χ4v) is 6.79. The van der Waals surface area contributed by atoms with E-state index in [4.69, 9.17) is 4.74 Å². The summed E-state index contributed by atoms with van der Waals surface area (Å²) in [5.41, 5.74) is 8.30. The second-order valence-corrected chi connectivity index (χ2v) is 11.3. The van der Waals surface area contributed by atoms with Gasteiger partial charge in [0.15, 0.2) is 0 Å². The topological polar surface area (TPSA) is 12.5 Å². The summed E-state index contributed by atoms with van der Waals surface area (Å²) in [4.78, 5) is 2.35. The molecule has 1 saturated carbocycles. The highest BCUT2D eigenvalue weighted by atomic mass is 16.5. The lowest BCUT2D eigenvalue weighted by molar-refractivity contribution is -0.122. The van der Waals surface area contributed by atoms with Crippen molar-refractivity contribution in [3.63, 3.8) is 0 Å². The van der Waals surface area contributed by atoms with E-state index >= 15 is 0 Å². The van der Waals surface area contributed by atoms with E-state index < -0.39 is 0 Å². The van der Waals surface area contributed by atoms with Crippen molar-refractivity contribution in [3.05, 3.63) is 126 Å². The summed E-state index contributed by atoms with van der Waals surface area (Å²) in [6.07, 6.45) is 4.76. The Bertz CT molecular complexity index is 1570. The van der Waals surface area contributed by atoms with Crippen molar-refractivity contribution in [2.45, 2.75) is 50.7 Å². The summed E-state index contributed by atoms with van der Waals surface area (Å²) in [5, 5.41) is 2.50. The van der Waals surface area contributed by atoms with Crippen LogP contribution >= 0.6 is 0 Å². The van der Waals surface area contributed by atoms with Crippen LogP contribution in [-0.4, -0.2) is 0 Å². The third-order valence-corrected chi connectivity index (χ3v) is 8.47. The predicted molar refractivity (Wildman–Crippen MR) is 158 cm³/mol. The van der Waals surface area contributed by atoms with Gasteiger partial charge in [0.2, 0.25) is 0 Å². The number of para-hydroxylation sites is 2. The summed E-state index contributed by atoms with van der Waals surface area (Å²) in [7, 11) is 0. The lowest BCUT2D eigenvalue weighted by Crippen LogP contribution is -2.25. The van der Waals surface area contributed by atoms with Gasteiger partial charge < -0.3 is 9.64 Å². The average Bonchev–Trinajstić information content (AvgIpc) is 3.50. The number of ether oxygens (including phenoxy) is 1. The van der Waals surface area contributed by atoms with Crippen LogP contribution in [0.2, 0.25) is 0 Å². The van der Waals surface area contributed by atoms with Crippen LogP contribution in [0.1, 0.15) is 50.7 Å². The van der Waals surface area contributed by atoms with Gasteiger partial charge in [-0.2, -0.15) is 0 Å². The molecule has 1 fully saturated rings. The minimum Gasteiger partial charge on any atom is -0.360 e. The zero-order valence-corrected chi connectivity index (χ0v) is 22.2. The molecule has 2 nitrogen and oxygen atoms in total. The first kappa shape index (κ1) is 23.3. The van der Waals surface area contributed by atoms with Crippen molar-refractivity contribution in [1.82, 2.24) is 0 Å². The first-order valence-corrected chi connectivity index (χ1v) is 13.8. The lowest BCUT2D eigenvalue weighted by Gasteiger charge is -2.28. The molecule has 0 aromatic heterocycles. The van der Waals surface area contributed by atoms with Crippen LogP contribution in [0.15, 0.2) is 115 Å². The Kier molecular flexibility index (Phi) is 5.42. The molecule has 1 aliphatic carbocycles. The van der Waals surface area contributed by atoms with Crippen LogP contribution in [0.3, 0.4) is 0 Å². The van der Waals surface area contributed by atoms with Crippen LogP contribution in [0.5, 0.6) is 0 Å². The Morgan fingerprint density at radius 1 is 0.605 bits per heavy atom. The summed E-state index contributed by atoms with van der Waals surface area (Å²) in [6, 6.07) is 41.8. The highest BCUT2D eigenvalue weighted by Crippen LogP contribution is 2.55. The van der Waals surface area contributed by atoms with Crippen molar-refractivity contribution < 1.29 is 4.74 Å². The van der Waals surface area contributed by atoms with E-state index in [-0.39, 0.29) is 11.2 Å². The molecular weight excluding hydrogens is 462 g/mol. The Morgan fingerprint density at radius 2 is 1.24 bits per heavy atom. The standard InChI is InChI=1S/C36H33NO/c1-35(2)34-24-27(19-20-33(34)36(38-35)21-11-12-22-36)32-25-30(23-26-13-9-10-18-31(26)32)37(28-14-5-3-6-15-28)29-16-7-4-8-17-29/h3-10,13-20,23-25H,11-12,21-22H2,1-2H3. The number of benzene rings is 5. The Labute approximate surface area is 225 Å². The Balaban J connectivity index is 1.44. The van der Waals surface area contributed by atoms with Gasteiger partial charge in [0.25, 0.3) is 0 Å². The molecule has 0 N–H and O–H groups in total. The van der Waals surface area contributed by atoms with E-state index in [2.05, 4.69) is 134 Å². The molecule has 0 bridgehead atoms. The SMILES string of the molecule is CC1(C)OC2(CCCC2)c2ccc(-c3cc(N(c4ccccc4)c4ccccc4)cc4ccccc34)cc21. The van der Waals surface area contributed by atoms with Gasteiger partial charge in [-0.05, 0) is 102 Å². The Morgan fingerprint density at radius 3 is 1.92 bits per heavy atom. The molecule has 7 rings (SSSR count). The maximum atomic E-state index is 6.82. The molecule has 188 valence electrons. The molecule has 5 aromatic carbocycles. The van der Waals surface area contributed by atoms with Crippen LogP contribution in [0, 0.1) is 0 Å². The first-order valence-electron chi connectivity index (χ1n) is 13.8. The maximum absolute atomic E-state index is 6.82. The van der Waals surface area contributed by atoms with E-state index in [0.717, 1.165) is 29.9 Å². The molecule has 1 spiro atoms. The zero-order chi connectivity index (χ0) is 25.7. The highest BCUT2D eigenvalue weighted by Gasteiger charge is 2.50. The highest BCUT2D eigenvalue weighted by molar-refractivity contribution is 6.01. The van der Waals surface area contributed by atoms with Gasteiger partial charge >= 0.3 is 0 Å².